The number of non-ortho nitro benzene ring substituents is 1. The average Bonchev–Trinajstić information content (AvgIpc) is 2.46. The van der Waals surface area contributed by atoms with Crippen molar-refractivity contribution in [2.75, 3.05) is 5.32 Å². The van der Waals surface area contributed by atoms with Crippen molar-refractivity contribution < 1.29 is 4.92 Å². The van der Waals surface area contributed by atoms with E-state index in [1.807, 2.05) is 13.0 Å². The molecule has 0 aliphatic heterocycles. The van der Waals surface area contributed by atoms with Crippen LogP contribution in [0.2, 0.25) is 0 Å². The number of benzene rings is 2. The van der Waals surface area contributed by atoms with Crippen LogP contribution in [0.3, 0.4) is 0 Å². The second-order valence-electron chi connectivity index (χ2n) is 6.55. The van der Waals surface area contributed by atoms with Crippen molar-refractivity contribution in [1.29, 1.82) is 0 Å². The fraction of sp³-hybridized carbons (Fsp3) is 0.333. The number of hydrogen-bond donors (Lipinski definition) is 1. The van der Waals surface area contributed by atoms with E-state index in [1.54, 1.807) is 12.1 Å². The molecule has 0 aliphatic rings. The van der Waals surface area contributed by atoms with Gasteiger partial charge in [0.2, 0.25) is 0 Å². The van der Waals surface area contributed by atoms with Crippen molar-refractivity contribution in [3.63, 3.8) is 0 Å². The summed E-state index contributed by atoms with van der Waals surface area (Å²) in [4.78, 5) is 10.4. The lowest BCUT2D eigenvalue weighted by atomic mass is 9.86. The molecule has 4 nitrogen and oxygen atoms in total. The van der Waals surface area contributed by atoms with Crippen molar-refractivity contribution in [1.82, 2.24) is 0 Å². The molecule has 1 unspecified atom stereocenters. The van der Waals surface area contributed by atoms with Crippen molar-refractivity contribution in [3.8, 4) is 0 Å². The summed E-state index contributed by atoms with van der Waals surface area (Å²) in [5.74, 6) is 0. The first-order valence-corrected chi connectivity index (χ1v) is 7.39. The highest BCUT2D eigenvalue weighted by Gasteiger charge is 2.14. The Labute approximate surface area is 131 Å². The van der Waals surface area contributed by atoms with Gasteiger partial charge >= 0.3 is 0 Å². The van der Waals surface area contributed by atoms with Gasteiger partial charge in [-0.2, -0.15) is 0 Å². The summed E-state index contributed by atoms with van der Waals surface area (Å²) in [5, 5.41) is 14.1. The van der Waals surface area contributed by atoms with Crippen LogP contribution in [0.25, 0.3) is 0 Å². The Morgan fingerprint density at radius 2 is 1.73 bits per heavy atom. The van der Waals surface area contributed by atoms with Crippen molar-refractivity contribution in [3.05, 3.63) is 69.8 Å². The van der Waals surface area contributed by atoms with Crippen molar-refractivity contribution in [2.24, 2.45) is 0 Å². The molecule has 0 bridgehead atoms. The molecule has 2 aromatic rings. The summed E-state index contributed by atoms with van der Waals surface area (Å²) in [6, 6.07) is 15.2. The minimum Gasteiger partial charge on any atom is -0.378 e. The fourth-order valence-corrected chi connectivity index (χ4v) is 2.31. The van der Waals surface area contributed by atoms with Gasteiger partial charge < -0.3 is 5.32 Å². The Morgan fingerprint density at radius 1 is 1.09 bits per heavy atom. The molecule has 1 atom stereocenters. The third-order valence-corrected chi connectivity index (χ3v) is 3.72. The van der Waals surface area contributed by atoms with Crippen LogP contribution in [0.1, 0.15) is 44.9 Å². The van der Waals surface area contributed by atoms with Gasteiger partial charge in [0, 0.05) is 23.9 Å². The number of nitrogens with zero attached hydrogens (tertiary/aromatic N) is 1. The smallest absolute Gasteiger partial charge is 0.271 e. The lowest BCUT2D eigenvalue weighted by molar-refractivity contribution is -0.384. The monoisotopic (exact) mass is 298 g/mol. The number of anilines is 1. The molecule has 0 spiro atoms. The van der Waals surface area contributed by atoms with Gasteiger partial charge in [-0.25, -0.2) is 0 Å². The van der Waals surface area contributed by atoms with Gasteiger partial charge in [0.1, 0.15) is 0 Å². The maximum Gasteiger partial charge on any atom is 0.271 e. The van der Waals surface area contributed by atoms with Gasteiger partial charge in [-0.05, 0) is 29.5 Å². The molecule has 4 heteroatoms. The zero-order valence-electron chi connectivity index (χ0n) is 13.5. The third-order valence-electron chi connectivity index (χ3n) is 3.72. The van der Waals surface area contributed by atoms with Crippen LogP contribution in [0.15, 0.2) is 48.5 Å². The van der Waals surface area contributed by atoms with E-state index < -0.39 is 0 Å². The first-order valence-electron chi connectivity index (χ1n) is 7.39. The number of rotatable bonds is 4. The van der Waals surface area contributed by atoms with Crippen LogP contribution >= 0.6 is 0 Å². The van der Waals surface area contributed by atoms with E-state index in [0.717, 1.165) is 11.3 Å². The number of nitro groups is 1. The van der Waals surface area contributed by atoms with Gasteiger partial charge in [-0.15, -0.1) is 0 Å². The van der Waals surface area contributed by atoms with E-state index in [1.165, 1.54) is 11.6 Å². The van der Waals surface area contributed by atoms with Crippen molar-refractivity contribution in [2.45, 2.75) is 39.2 Å². The van der Waals surface area contributed by atoms with E-state index in [-0.39, 0.29) is 22.1 Å². The van der Waals surface area contributed by atoms with Crippen LogP contribution in [0, 0.1) is 10.1 Å². The van der Waals surface area contributed by atoms with Gasteiger partial charge in [0.25, 0.3) is 5.69 Å². The predicted octanol–water partition coefficient (Wildman–Crippen LogP) is 5.07. The van der Waals surface area contributed by atoms with E-state index >= 15 is 0 Å². The van der Waals surface area contributed by atoms with E-state index in [4.69, 9.17) is 0 Å². The quantitative estimate of drug-likeness (QED) is 0.633. The minimum atomic E-state index is -0.381. The predicted molar refractivity (Wildman–Crippen MR) is 90.3 cm³/mol. The van der Waals surface area contributed by atoms with E-state index in [0.29, 0.717) is 0 Å². The summed E-state index contributed by atoms with van der Waals surface area (Å²) < 4.78 is 0. The summed E-state index contributed by atoms with van der Waals surface area (Å²) >= 11 is 0. The van der Waals surface area contributed by atoms with Crippen LogP contribution in [0.5, 0.6) is 0 Å². The highest BCUT2D eigenvalue weighted by Crippen LogP contribution is 2.26. The summed E-state index contributed by atoms with van der Waals surface area (Å²) in [7, 11) is 0. The average molecular weight is 298 g/mol. The molecule has 0 aliphatic carbocycles. The van der Waals surface area contributed by atoms with Crippen molar-refractivity contribution >= 4 is 11.4 Å². The fourth-order valence-electron chi connectivity index (χ4n) is 2.31. The van der Waals surface area contributed by atoms with Crippen LogP contribution < -0.4 is 5.32 Å². The van der Waals surface area contributed by atoms with Crippen LogP contribution in [0.4, 0.5) is 11.4 Å². The van der Waals surface area contributed by atoms with Gasteiger partial charge in [0.15, 0.2) is 0 Å². The van der Waals surface area contributed by atoms with Gasteiger partial charge in [-0.1, -0.05) is 51.1 Å². The Balaban J connectivity index is 2.13. The van der Waals surface area contributed by atoms with E-state index in [9.17, 15) is 10.1 Å². The molecule has 2 aromatic carbocycles. The molecule has 116 valence electrons. The first kappa shape index (κ1) is 16.0. The SMILES string of the molecule is CC(Nc1cccc([N+](=O)[O-])c1)c1ccc(C(C)(C)C)cc1. The largest absolute Gasteiger partial charge is 0.378 e. The molecule has 0 saturated carbocycles. The molecule has 0 fully saturated rings. The number of hydrogen-bond acceptors (Lipinski definition) is 3. The molecular weight excluding hydrogens is 276 g/mol. The maximum absolute atomic E-state index is 10.8. The maximum atomic E-state index is 10.8. The molecule has 1 N–H and O–H groups in total. The molecule has 0 saturated heterocycles. The molecule has 0 radical (unpaired) electrons. The molecule has 22 heavy (non-hydrogen) atoms. The first-order chi connectivity index (χ1) is 10.3. The second kappa shape index (κ2) is 6.18. The van der Waals surface area contributed by atoms with E-state index in [2.05, 4.69) is 50.4 Å². The zero-order chi connectivity index (χ0) is 16.3. The molecular formula is C18H22N2O2. The highest BCUT2D eigenvalue weighted by atomic mass is 16.6. The molecule has 0 heterocycles. The standard InChI is InChI=1S/C18H22N2O2/c1-13(14-8-10-15(11-9-14)18(2,3)4)19-16-6-5-7-17(12-16)20(21)22/h5-13,19H,1-4H3. The lowest BCUT2D eigenvalue weighted by Gasteiger charge is -2.21. The molecule has 0 amide bonds. The van der Waals surface area contributed by atoms with Crippen LogP contribution in [-0.4, -0.2) is 4.92 Å². The summed E-state index contributed by atoms with van der Waals surface area (Å²) in [6.45, 7) is 8.61. The van der Waals surface area contributed by atoms with Gasteiger partial charge in [0.05, 0.1) is 4.92 Å². The Bertz CT molecular complexity index is 658. The van der Waals surface area contributed by atoms with Gasteiger partial charge in [-0.3, -0.25) is 10.1 Å². The zero-order valence-corrected chi connectivity index (χ0v) is 13.5. The number of nitro benzene ring substituents is 1. The third kappa shape index (κ3) is 3.85. The second-order valence-corrected chi connectivity index (χ2v) is 6.55. The Morgan fingerprint density at radius 3 is 2.27 bits per heavy atom. The normalized spacial score (nSPS) is 12.7. The lowest BCUT2D eigenvalue weighted by Crippen LogP contribution is -2.12. The highest BCUT2D eigenvalue weighted by molar-refractivity contribution is 5.52. The number of nitrogens with one attached hydrogen (secondary N) is 1. The molecule has 2 rings (SSSR count). The topological polar surface area (TPSA) is 55.2 Å². The Kier molecular flexibility index (Phi) is 4.50. The Hall–Kier alpha value is -2.36. The minimum absolute atomic E-state index is 0.0797. The van der Waals surface area contributed by atoms with Crippen LogP contribution in [-0.2, 0) is 5.41 Å². The summed E-state index contributed by atoms with van der Waals surface area (Å²) in [5.41, 5.74) is 3.43. The summed E-state index contributed by atoms with van der Waals surface area (Å²) in [6.07, 6.45) is 0. The molecule has 0 aromatic heterocycles.